The summed E-state index contributed by atoms with van der Waals surface area (Å²) in [4.78, 5) is 26.5. The third kappa shape index (κ3) is 2.14. The zero-order valence-corrected chi connectivity index (χ0v) is 12.7. The average Bonchev–Trinajstić information content (AvgIpc) is 3.10. The van der Waals surface area contributed by atoms with Crippen LogP contribution in [0.2, 0.25) is 0 Å². The number of ether oxygens (including phenoxy) is 1. The molecule has 24 heavy (non-hydrogen) atoms. The first kappa shape index (κ1) is 15.2. The lowest BCUT2D eigenvalue weighted by Gasteiger charge is -2.19. The first-order valence-electron chi connectivity index (χ1n) is 7.68. The molecular weight excluding hydrogens is 323 g/mol. The number of anilines is 1. The van der Waals surface area contributed by atoms with Crippen LogP contribution in [0.4, 0.5) is 18.9 Å². The molecule has 0 spiro atoms. The Bertz CT molecular complexity index is 753. The molecule has 1 heterocycles. The summed E-state index contributed by atoms with van der Waals surface area (Å²) in [5, 5.41) is 0. The van der Waals surface area contributed by atoms with Crippen LogP contribution in [-0.4, -0.2) is 18.2 Å². The molecule has 1 saturated carbocycles. The number of carbonyl (C=O) groups excluding carboxylic acids is 2. The maximum Gasteiger partial charge on any atom is 0.573 e. The highest BCUT2D eigenvalue weighted by Gasteiger charge is 2.60. The summed E-state index contributed by atoms with van der Waals surface area (Å²) in [5.41, 5.74) is 1.43. The Kier molecular flexibility index (Phi) is 3.07. The summed E-state index contributed by atoms with van der Waals surface area (Å²) >= 11 is 0. The van der Waals surface area contributed by atoms with E-state index in [2.05, 4.69) is 10.8 Å². The first-order valence-corrected chi connectivity index (χ1v) is 7.68. The SMILES string of the molecule is CC1=C[C@@H]2C[C@@H]1[C@H]1C(=O)N(c3ccc(OC(F)(F)F)cc3)C(=O)[C@@H]12. The lowest BCUT2D eigenvalue weighted by atomic mass is 9.82. The Morgan fingerprint density at radius 3 is 2.33 bits per heavy atom. The van der Waals surface area contributed by atoms with Gasteiger partial charge in [0.15, 0.2) is 0 Å². The van der Waals surface area contributed by atoms with Gasteiger partial charge in [-0.05, 0) is 49.4 Å². The van der Waals surface area contributed by atoms with Crippen molar-refractivity contribution >= 4 is 17.5 Å². The number of benzene rings is 1. The Morgan fingerprint density at radius 1 is 1.08 bits per heavy atom. The molecule has 1 saturated heterocycles. The van der Waals surface area contributed by atoms with E-state index < -0.39 is 6.36 Å². The van der Waals surface area contributed by atoms with E-state index in [0.717, 1.165) is 29.0 Å². The second-order valence-corrected chi connectivity index (χ2v) is 6.52. The highest BCUT2D eigenvalue weighted by atomic mass is 19.4. The van der Waals surface area contributed by atoms with Gasteiger partial charge in [-0.15, -0.1) is 13.2 Å². The summed E-state index contributed by atoms with van der Waals surface area (Å²) in [7, 11) is 0. The molecule has 2 bridgehead atoms. The van der Waals surface area contributed by atoms with E-state index in [4.69, 9.17) is 0 Å². The third-order valence-electron chi connectivity index (χ3n) is 5.21. The molecule has 1 aliphatic heterocycles. The highest BCUT2D eigenvalue weighted by Crippen LogP contribution is 2.55. The number of amides is 2. The quantitative estimate of drug-likeness (QED) is 0.615. The van der Waals surface area contributed by atoms with E-state index in [1.54, 1.807) is 0 Å². The standard InChI is InChI=1S/C17H14F3NO3/c1-8-6-9-7-12(8)14-13(9)15(22)21(16(14)23)10-2-4-11(5-3-10)24-17(18,19)20/h2-6,9,12-14H,7H2,1H3/t9-,12+,13-,14-/m1/s1. The summed E-state index contributed by atoms with van der Waals surface area (Å²) in [5.74, 6) is -1.37. The van der Waals surface area contributed by atoms with Crippen molar-refractivity contribution in [3.8, 4) is 5.75 Å². The number of fused-ring (bicyclic) bond motifs is 5. The van der Waals surface area contributed by atoms with Crippen LogP contribution >= 0.6 is 0 Å². The van der Waals surface area contributed by atoms with Gasteiger partial charge in [0.25, 0.3) is 0 Å². The summed E-state index contributed by atoms with van der Waals surface area (Å²) in [6.07, 6.45) is -1.87. The van der Waals surface area contributed by atoms with E-state index in [0.29, 0.717) is 0 Å². The van der Waals surface area contributed by atoms with Crippen LogP contribution in [0, 0.1) is 23.7 Å². The molecular formula is C17H14F3NO3. The molecule has 1 aromatic rings. The monoisotopic (exact) mass is 337 g/mol. The van der Waals surface area contributed by atoms with Crippen molar-refractivity contribution < 1.29 is 27.5 Å². The molecule has 4 rings (SSSR count). The predicted molar refractivity (Wildman–Crippen MR) is 78.0 cm³/mol. The minimum Gasteiger partial charge on any atom is -0.406 e. The average molecular weight is 337 g/mol. The number of allylic oxidation sites excluding steroid dienone is 2. The minimum atomic E-state index is -4.78. The van der Waals surface area contributed by atoms with Gasteiger partial charge in [-0.3, -0.25) is 14.5 Å². The lowest BCUT2D eigenvalue weighted by Crippen LogP contribution is -2.32. The zero-order chi connectivity index (χ0) is 17.2. The smallest absolute Gasteiger partial charge is 0.406 e. The number of nitrogens with zero attached hydrogens (tertiary/aromatic N) is 1. The van der Waals surface area contributed by atoms with Crippen LogP contribution in [0.3, 0.4) is 0 Å². The van der Waals surface area contributed by atoms with E-state index in [1.165, 1.54) is 12.1 Å². The zero-order valence-electron chi connectivity index (χ0n) is 12.7. The largest absolute Gasteiger partial charge is 0.573 e. The van der Waals surface area contributed by atoms with Crippen molar-refractivity contribution in [2.45, 2.75) is 19.7 Å². The summed E-state index contributed by atoms with van der Waals surface area (Å²) in [6.45, 7) is 1.98. The number of alkyl halides is 3. The Morgan fingerprint density at radius 2 is 1.71 bits per heavy atom. The maximum absolute atomic E-state index is 12.7. The lowest BCUT2D eigenvalue weighted by molar-refractivity contribution is -0.274. The van der Waals surface area contributed by atoms with Gasteiger partial charge in [0, 0.05) is 0 Å². The van der Waals surface area contributed by atoms with Gasteiger partial charge in [0.1, 0.15) is 5.75 Å². The Balaban J connectivity index is 1.60. The molecule has 2 aliphatic carbocycles. The molecule has 126 valence electrons. The highest BCUT2D eigenvalue weighted by molar-refractivity contribution is 6.22. The van der Waals surface area contributed by atoms with Gasteiger partial charge < -0.3 is 4.74 Å². The van der Waals surface area contributed by atoms with E-state index in [-0.39, 0.29) is 46.9 Å². The molecule has 4 atom stereocenters. The molecule has 1 aromatic carbocycles. The van der Waals surface area contributed by atoms with Gasteiger partial charge in [-0.25, -0.2) is 0 Å². The van der Waals surface area contributed by atoms with Gasteiger partial charge in [-0.2, -0.15) is 0 Å². The molecule has 2 fully saturated rings. The molecule has 2 amide bonds. The number of halogens is 3. The fraction of sp³-hybridized carbons (Fsp3) is 0.412. The molecule has 7 heteroatoms. The molecule has 4 nitrogen and oxygen atoms in total. The van der Waals surface area contributed by atoms with E-state index in [1.807, 2.05) is 6.92 Å². The summed E-state index contributed by atoms with van der Waals surface area (Å²) in [6, 6.07) is 4.82. The third-order valence-corrected chi connectivity index (χ3v) is 5.21. The van der Waals surface area contributed by atoms with Gasteiger partial charge >= 0.3 is 6.36 Å². The van der Waals surface area contributed by atoms with Gasteiger partial charge in [0.2, 0.25) is 11.8 Å². The van der Waals surface area contributed by atoms with Crippen LogP contribution in [0.1, 0.15) is 13.3 Å². The number of imide groups is 1. The first-order chi connectivity index (χ1) is 11.3. The Labute approximate surface area is 135 Å². The van der Waals surface area contributed by atoms with E-state index in [9.17, 15) is 22.8 Å². The summed E-state index contributed by atoms with van der Waals surface area (Å²) < 4.78 is 40.4. The molecule has 3 aliphatic rings. The van der Waals surface area contributed by atoms with Crippen LogP contribution in [0.15, 0.2) is 35.9 Å². The molecule has 0 N–H and O–H groups in total. The van der Waals surface area contributed by atoms with Crippen molar-refractivity contribution in [2.24, 2.45) is 23.7 Å². The molecule has 0 radical (unpaired) electrons. The second-order valence-electron chi connectivity index (χ2n) is 6.52. The molecule has 0 unspecified atom stereocenters. The van der Waals surface area contributed by atoms with Gasteiger partial charge in [0.05, 0.1) is 17.5 Å². The Hall–Kier alpha value is -2.31. The normalized spacial score (nSPS) is 31.5. The van der Waals surface area contributed by atoms with Crippen molar-refractivity contribution in [1.29, 1.82) is 0 Å². The van der Waals surface area contributed by atoms with Gasteiger partial charge in [-0.1, -0.05) is 11.6 Å². The second kappa shape index (κ2) is 4.84. The maximum atomic E-state index is 12.7. The van der Waals surface area contributed by atoms with Crippen LogP contribution in [-0.2, 0) is 9.59 Å². The van der Waals surface area contributed by atoms with Crippen molar-refractivity contribution in [1.82, 2.24) is 0 Å². The van der Waals surface area contributed by atoms with Crippen molar-refractivity contribution in [2.75, 3.05) is 4.90 Å². The minimum absolute atomic E-state index is 0.0919. The predicted octanol–water partition coefficient (Wildman–Crippen LogP) is 3.29. The van der Waals surface area contributed by atoms with Crippen molar-refractivity contribution in [3.05, 3.63) is 35.9 Å². The number of carbonyl (C=O) groups is 2. The number of rotatable bonds is 2. The fourth-order valence-electron chi connectivity index (χ4n) is 4.33. The fourth-order valence-corrected chi connectivity index (χ4v) is 4.33. The van der Waals surface area contributed by atoms with E-state index >= 15 is 0 Å². The topological polar surface area (TPSA) is 46.6 Å². The number of hydrogen-bond acceptors (Lipinski definition) is 3. The van der Waals surface area contributed by atoms with Crippen LogP contribution in [0.5, 0.6) is 5.75 Å². The van der Waals surface area contributed by atoms with Crippen molar-refractivity contribution in [3.63, 3.8) is 0 Å². The molecule has 0 aromatic heterocycles. The van der Waals surface area contributed by atoms with Crippen LogP contribution in [0.25, 0.3) is 0 Å². The van der Waals surface area contributed by atoms with Crippen LogP contribution < -0.4 is 9.64 Å². The number of hydrogen-bond donors (Lipinski definition) is 0.